The Morgan fingerprint density at radius 2 is 0.875 bits per heavy atom. The van der Waals surface area contributed by atoms with E-state index in [2.05, 4.69) is 20.4 Å². The van der Waals surface area contributed by atoms with Gasteiger partial charge in [0, 0.05) is 0 Å². The lowest BCUT2D eigenvalue weighted by Crippen LogP contribution is -2.21. The Labute approximate surface area is 131 Å². The van der Waals surface area contributed by atoms with Gasteiger partial charge in [-0.25, -0.2) is 0 Å². The van der Waals surface area contributed by atoms with Crippen LogP contribution in [0.2, 0.25) is 0 Å². The average Bonchev–Trinajstić information content (AvgIpc) is 2.60. The molecule has 2 aromatic heterocycles. The molecule has 0 saturated carbocycles. The summed E-state index contributed by atoms with van der Waals surface area (Å²) in [5, 5.41) is 9.81. The lowest BCUT2D eigenvalue weighted by atomic mass is 9.96. The molecule has 0 aliphatic rings. The Kier molecular flexibility index (Phi) is 2.86. The predicted octanol–water partition coefficient (Wildman–Crippen LogP) is 0.413. The van der Waals surface area contributed by atoms with Crippen LogP contribution in [0.5, 0.6) is 0 Å². The largest absolute Gasteiger partial charge is 0.271 e. The quantitative estimate of drug-likeness (QED) is 0.404. The zero-order chi connectivity index (χ0) is 16.8. The second-order valence-corrected chi connectivity index (χ2v) is 5.27. The third-order valence-electron chi connectivity index (χ3n) is 3.94. The van der Waals surface area contributed by atoms with Crippen LogP contribution in [-0.2, 0) is 0 Å². The minimum absolute atomic E-state index is 0.161. The van der Waals surface area contributed by atoms with Crippen LogP contribution in [0.1, 0.15) is 0 Å². The zero-order valence-corrected chi connectivity index (χ0v) is 12.1. The van der Waals surface area contributed by atoms with Gasteiger partial charge in [-0.2, -0.15) is 0 Å². The summed E-state index contributed by atoms with van der Waals surface area (Å²) in [5.41, 5.74) is -1.06. The molecule has 0 unspecified atom stereocenters. The molecule has 2 heterocycles. The van der Waals surface area contributed by atoms with Crippen LogP contribution in [0.4, 0.5) is 0 Å². The van der Waals surface area contributed by atoms with E-state index in [1.54, 1.807) is 24.3 Å². The van der Waals surface area contributed by atoms with Crippen molar-refractivity contribution in [2.45, 2.75) is 0 Å². The van der Waals surface area contributed by atoms with Gasteiger partial charge < -0.3 is 0 Å². The second kappa shape index (κ2) is 4.92. The first-order chi connectivity index (χ1) is 11.6. The van der Waals surface area contributed by atoms with Gasteiger partial charge in [-0.3, -0.25) is 39.6 Å². The molecule has 0 bridgehead atoms. The van der Waals surface area contributed by atoms with Crippen LogP contribution in [0, 0.1) is 0 Å². The fraction of sp³-hybridized carbons (Fsp3) is 0. The van der Waals surface area contributed by atoms with E-state index in [0.29, 0.717) is 11.1 Å². The monoisotopic (exact) mass is 322 g/mol. The summed E-state index contributed by atoms with van der Waals surface area (Å²) < 4.78 is 0. The Balaban J connectivity index is 2.28. The number of H-pyrrole nitrogens is 4. The van der Waals surface area contributed by atoms with Gasteiger partial charge in [0.25, 0.3) is 22.2 Å². The fourth-order valence-corrected chi connectivity index (χ4v) is 2.91. The maximum Gasteiger partial charge on any atom is 0.271 e. The number of fused-ring (bicyclic) bond motifs is 2. The third-order valence-corrected chi connectivity index (χ3v) is 3.94. The smallest absolute Gasteiger partial charge is 0.267 e. The minimum Gasteiger partial charge on any atom is -0.267 e. The fourth-order valence-electron chi connectivity index (χ4n) is 2.91. The molecule has 8 nitrogen and oxygen atoms in total. The van der Waals surface area contributed by atoms with E-state index in [4.69, 9.17) is 0 Å². The van der Waals surface area contributed by atoms with Crippen LogP contribution in [0.25, 0.3) is 32.7 Å². The summed E-state index contributed by atoms with van der Waals surface area (Å²) in [6.07, 6.45) is 0. The molecular formula is C16H10N4O4. The molecule has 0 radical (unpaired) electrons. The van der Waals surface area contributed by atoms with Crippen LogP contribution in [0.15, 0.2) is 55.6 Å². The van der Waals surface area contributed by atoms with E-state index in [-0.39, 0.29) is 21.5 Å². The van der Waals surface area contributed by atoms with Gasteiger partial charge in [-0.1, -0.05) is 24.3 Å². The van der Waals surface area contributed by atoms with Crippen LogP contribution in [-0.4, -0.2) is 20.4 Å². The van der Waals surface area contributed by atoms with Crippen molar-refractivity contribution >= 4 is 21.5 Å². The summed E-state index contributed by atoms with van der Waals surface area (Å²) in [5.74, 6) is 0. The Bertz CT molecular complexity index is 1240. The number of hydrogen-bond donors (Lipinski definition) is 4. The molecule has 0 fully saturated rings. The molecule has 0 spiro atoms. The van der Waals surface area contributed by atoms with E-state index in [9.17, 15) is 19.2 Å². The van der Waals surface area contributed by atoms with Crippen molar-refractivity contribution in [1.82, 2.24) is 20.4 Å². The third kappa shape index (κ3) is 1.86. The molecule has 4 N–H and O–H groups in total. The van der Waals surface area contributed by atoms with E-state index in [1.807, 2.05) is 0 Å². The van der Waals surface area contributed by atoms with Crippen molar-refractivity contribution in [3.05, 3.63) is 77.8 Å². The molecular weight excluding hydrogens is 312 g/mol. The first kappa shape index (κ1) is 13.9. The van der Waals surface area contributed by atoms with Crippen molar-refractivity contribution in [2.24, 2.45) is 0 Å². The van der Waals surface area contributed by atoms with Crippen molar-refractivity contribution in [2.75, 3.05) is 0 Å². The van der Waals surface area contributed by atoms with Crippen LogP contribution < -0.4 is 22.2 Å². The molecule has 0 atom stereocenters. The standard InChI is InChI=1S/C16H10N4O4/c21-13-9-5-1-3-7(11(9)15(23)19-17-13)8-4-2-6-10-12(8)16(24)20-18-14(10)22/h1-6H,(H,17,21)(H,18,22)(H,19,23)(H,20,24). The molecule has 4 rings (SSSR count). The van der Waals surface area contributed by atoms with Gasteiger partial charge in [0.05, 0.1) is 21.5 Å². The topological polar surface area (TPSA) is 131 Å². The van der Waals surface area contributed by atoms with Gasteiger partial charge in [-0.15, -0.1) is 0 Å². The highest BCUT2D eigenvalue weighted by Gasteiger charge is 2.15. The van der Waals surface area contributed by atoms with Gasteiger partial charge in [0.2, 0.25) is 0 Å². The second-order valence-electron chi connectivity index (χ2n) is 5.27. The van der Waals surface area contributed by atoms with E-state index in [0.717, 1.165) is 0 Å². The summed E-state index contributed by atoms with van der Waals surface area (Å²) in [4.78, 5) is 48.4. The number of aromatic amines is 4. The summed E-state index contributed by atoms with van der Waals surface area (Å²) >= 11 is 0. The molecule has 0 aliphatic heterocycles. The molecule has 8 heteroatoms. The Morgan fingerprint density at radius 1 is 0.500 bits per heavy atom. The van der Waals surface area contributed by atoms with Gasteiger partial charge >= 0.3 is 0 Å². The highest BCUT2D eigenvalue weighted by atomic mass is 16.2. The van der Waals surface area contributed by atoms with Gasteiger partial charge in [-0.05, 0) is 23.3 Å². The molecule has 0 amide bonds. The van der Waals surface area contributed by atoms with Crippen LogP contribution >= 0.6 is 0 Å². The lowest BCUT2D eigenvalue weighted by molar-refractivity contribution is 0.975. The SMILES string of the molecule is O=c1[nH][nH]c(=O)c2c(-c3cccc4c(=O)[nH][nH]c(=O)c34)cccc12. The minimum atomic E-state index is -0.488. The molecule has 24 heavy (non-hydrogen) atoms. The predicted molar refractivity (Wildman–Crippen MR) is 89.4 cm³/mol. The lowest BCUT2D eigenvalue weighted by Gasteiger charge is -2.08. The molecule has 0 saturated heterocycles. The zero-order valence-electron chi connectivity index (χ0n) is 12.1. The molecule has 0 aliphatic carbocycles. The number of aromatic nitrogens is 4. The maximum atomic E-state index is 12.2. The molecule has 2 aromatic carbocycles. The highest BCUT2D eigenvalue weighted by Crippen LogP contribution is 2.28. The van der Waals surface area contributed by atoms with Gasteiger partial charge in [0.1, 0.15) is 0 Å². The van der Waals surface area contributed by atoms with Crippen molar-refractivity contribution in [3.8, 4) is 11.1 Å². The van der Waals surface area contributed by atoms with E-state index >= 15 is 0 Å². The average molecular weight is 322 g/mol. The number of rotatable bonds is 1. The van der Waals surface area contributed by atoms with E-state index in [1.165, 1.54) is 12.1 Å². The Morgan fingerprint density at radius 3 is 1.29 bits per heavy atom. The van der Waals surface area contributed by atoms with Gasteiger partial charge in [0.15, 0.2) is 0 Å². The Hall–Kier alpha value is -3.68. The van der Waals surface area contributed by atoms with E-state index < -0.39 is 22.2 Å². The summed E-state index contributed by atoms with van der Waals surface area (Å²) in [7, 11) is 0. The van der Waals surface area contributed by atoms with Crippen molar-refractivity contribution < 1.29 is 0 Å². The van der Waals surface area contributed by atoms with Crippen molar-refractivity contribution in [3.63, 3.8) is 0 Å². The molecule has 4 aromatic rings. The number of hydrogen-bond acceptors (Lipinski definition) is 4. The number of benzene rings is 2. The first-order valence-corrected chi connectivity index (χ1v) is 7.05. The first-order valence-electron chi connectivity index (χ1n) is 7.05. The summed E-state index contributed by atoms with van der Waals surface area (Å²) in [6.45, 7) is 0. The van der Waals surface area contributed by atoms with Crippen LogP contribution in [0.3, 0.4) is 0 Å². The number of nitrogens with one attached hydrogen (secondary N) is 4. The normalized spacial score (nSPS) is 11.2. The molecule has 118 valence electrons. The maximum absolute atomic E-state index is 12.2. The van der Waals surface area contributed by atoms with Crippen molar-refractivity contribution in [1.29, 1.82) is 0 Å². The summed E-state index contributed by atoms with van der Waals surface area (Å²) in [6, 6.07) is 9.54. The highest BCUT2D eigenvalue weighted by molar-refractivity contribution is 6.04.